The van der Waals surface area contributed by atoms with Gasteiger partial charge in [-0.3, -0.25) is 9.78 Å². The molecule has 0 fully saturated rings. The summed E-state index contributed by atoms with van der Waals surface area (Å²) in [4.78, 5) is 26.7. The Hall–Kier alpha value is -3.19. The Morgan fingerprint density at radius 1 is 1.30 bits per heavy atom. The molecule has 1 atom stereocenters. The second kappa shape index (κ2) is 9.09. The fraction of sp³-hybridized carbons (Fsp3) is 0.348. The lowest BCUT2D eigenvalue weighted by Gasteiger charge is -2.31. The fourth-order valence-electron chi connectivity index (χ4n) is 3.91. The number of fused-ring (bicyclic) bond motifs is 1. The van der Waals surface area contributed by atoms with Gasteiger partial charge in [-0.1, -0.05) is 6.08 Å². The van der Waals surface area contributed by atoms with Crippen molar-refractivity contribution >= 4 is 16.9 Å². The maximum absolute atomic E-state index is 13.2. The Kier molecular flexibility index (Phi) is 6.09. The van der Waals surface area contributed by atoms with Crippen molar-refractivity contribution in [2.45, 2.75) is 38.8 Å². The molecule has 156 valence electrons. The van der Waals surface area contributed by atoms with E-state index in [0.29, 0.717) is 24.2 Å². The van der Waals surface area contributed by atoms with Crippen LogP contribution < -0.4 is 10.1 Å². The van der Waals surface area contributed by atoms with E-state index in [1.807, 2.05) is 42.2 Å². The molecule has 0 radical (unpaired) electrons. The van der Waals surface area contributed by atoms with Crippen LogP contribution in [0.25, 0.3) is 11.0 Å². The molecule has 1 amide bonds. The van der Waals surface area contributed by atoms with Crippen molar-refractivity contribution in [2.75, 3.05) is 13.7 Å². The first-order chi connectivity index (χ1) is 14.7. The van der Waals surface area contributed by atoms with E-state index in [1.165, 1.54) is 0 Å². The average Bonchev–Trinajstić information content (AvgIpc) is 3.23. The highest BCUT2D eigenvalue weighted by Gasteiger charge is 2.24. The number of rotatable bonds is 7. The molecule has 0 aromatic carbocycles. The summed E-state index contributed by atoms with van der Waals surface area (Å²) in [6, 6.07) is 9.87. The molecule has 7 nitrogen and oxygen atoms in total. The van der Waals surface area contributed by atoms with Crippen LogP contribution in [0.15, 0.2) is 54.5 Å². The number of aromatic amines is 1. The van der Waals surface area contributed by atoms with Gasteiger partial charge in [0.1, 0.15) is 5.69 Å². The standard InChI is InChI=1S/C23H27N5O2/c1-3-28(23(29)21-14-20-19(27-21)8-5-10-24-20)18-7-4-6-17(13-18)26-15-16-9-11-25-22(12-16)30-2/h5,7-12,14,17,26-27H,3-4,6,13,15H2,1-2H3. The van der Waals surface area contributed by atoms with Crippen LogP contribution in [-0.4, -0.2) is 45.5 Å². The molecule has 0 saturated heterocycles. The average molecular weight is 406 g/mol. The number of hydrogen-bond donors (Lipinski definition) is 2. The van der Waals surface area contributed by atoms with E-state index in [2.05, 4.69) is 26.3 Å². The van der Waals surface area contributed by atoms with Gasteiger partial charge in [-0.05, 0) is 49.6 Å². The van der Waals surface area contributed by atoms with Crippen molar-refractivity contribution in [3.63, 3.8) is 0 Å². The second-order valence-electron chi connectivity index (χ2n) is 7.43. The van der Waals surface area contributed by atoms with Crippen LogP contribution in [0.1, 0.15) is 42.2 Å². The Morgan fingerprint density at radius 2 is 2.20 bits per heavy atom. The summed E-state index contributed by atoms with van der Waals surface area (Å²) in [5, 5.41) is 3.62. The van der Waals surface area contributed by atoms with E-state index in [1.54, 1.807) is 19.5 Å². The van der Waals surface area contributed by atoms with Gasteiger partial charge >= 0.3 is 0 Å². The van der Waals surface area contributed by atoms with Gasteiger partial charge in [0.15, 0.2) is 0 Å². The van der Waals surface area contributed by atoms with E-state index < -0.39 is 0 Å². The van der Waals surface area contributed by atoms with Gasteiger partial charge in [-0.25, -0.2) is 4.98 Å². The molecule has 0 spiro atoms. The Balaban J connectivity index is 1.42. The number of nitrogens with zero attached hydrogens (tertiary/aromatic N) is 3. The predicted molar refractivity (Wildman–Crippen MR) is 116 cm³/mol. The number of H-pyrrole nitrogens is 1. The highest BCUT2D eigenvalue weighted by molar-refractivity contribution is 5.98. The van der Waals surface area contributed by atoms with Gasteiger partial charge in [-0.15, -0.1) is 0 Å². The number of amides is 1. The molecule has 0 aliphatic heterocycles. The van der Waals surface area contributed by atoms with Crippen molar-refractivity contribution in [2.24, 2.45) is 0 Å². The minimum atomic E-state index is -0.0127. The first kappa shape index (κ1) is 20.1. The second-order valence-corrected chi connectivity index (χ2v) is 7.43. The molecule has 1 aliphatic rings. The molecule has 30 heavy (non-hydrogen) atoms. The maximum atomic E-state index is 13.2. The molecule has 3 aromatic heterocycles. The zero-order valence-corrected chi connectivity index (χ0v) is 17.4. The zero-order valence-electron chi connectivity index (χ0n) is 17.4. The van der Waals surface area contributed by atoms with Gasteiger partial charge < -0.3 is 19.9 Å². The summed E-state index contributed by atoms with van der Waals surface area (Å²) in [6.45, 7) is 3.38. The monoisotopic (exact) mass is 405 g/mol. The van der Waals surface area contributed by atoms with Crippen LogP contribution in [-0.2, 0) is 6.54 Å². The molecule has 0 bridgehead atoms. The summed E-state index contributed by atoms with van der Waals surface area (Å²) < 4.78 is 5.20. The quantitative estimate of drug-likeness (QED) is 0.627. The third kappa shape index (κ3) is 4.36. The Labute approximate surface area is 176 Å². The lowest BCUT2D eigenvalue weighted by molar-refractivity contribution is 0.0797. The highest BCUT2D eigenvalue weighted by atomic mass is 16.5. The van der Waals surface area contributed by atoms with Crippen LogP contribution in [0.4, 0.5) is 0 Å². The van der Waals surface area contributed by atoms with E-state index in [4.69, 9.17) is 4.74 Å². The number of aromatic nitrogens is 3. The SMILES string of the molecule is CCN(C(=O)c1cc2ncccc2[nH]1)C1=CCCC(NCc2ccnc(OC)c2)C1. The molecule has 4 rings (SSSR count). The summed E-state index contributed by atoms with van der Waals surface area (Å²) in [5.74, 6) is 0.607. The van der Waals surface area contributed by atoms with Crippen molar-refractivity contribution in [1.29, 1.82) is 0 Å². The van der Waals surface area contributed by atoms with Gasteiger partial charge in [0, 0.05) is 49.7 Å². The largest absolute Gasteiger partial charge is 0.481 e. The Morgan fingerprint density at radius 3 is 3.00 bits per heavy atom. The maximum Gasteiger partial charge on any atom is 0.274 e. The summed E-state index contributed by atoms with van der Waals surface area (Å²) >= 11 is 0. The molecule has 7 heteroatoms. The van der Waals surface area contributed by atoms with Crippen molar-refractivity contribution < 1.29 is 9.53 Å². The first-order valence-electron chi connectivity index (χ1n) is 10.3. The number of ether oxygens (including phenoxy) is 1. The third-order valence-electron chi connectivity index (χ3n) is 5.48. The topological polar surface area (TPSA) is 83.1 Å². The van der Waals surface area contributed by atoms with Crippen LogP contribution in [0.3, 0.4) is 0 Å². The number of hydrogen-bond acceptors (Lipinski definition) is 5. The molecule has 1 unspecified atom stereocenters. The van der Waals surface area contributed by atoms with Crippen molar-refractivity contribution in [1.82, 2.24) is 25.2 Å². The van der Waals surface area contributed by atoms with Crippen LogP contribution >= 0.6 is 0 Å². The minimum absolute atomic E-state index is 0.0127. The molecule has 0 saturated carbocycles. The number of allylic oxidation sites excluding steroid dienone is 1. The fourth-order valence-corrected chi connectivity index (χ4v) is 3.91. The lowest BCUT2D eigenvalue weighted by Crippen LogP contribution is -2.37. The molecule has 1 aliphatic carbocycles. The molecule has 3 aromatic rings. The number of carbonyl (C=O) groups is 1. The van der Waals surface area contributed by atoms with Gasteiger partial charge in [0.2, 0.25) is 5.88 Å². The number of methoxy groups -OCH3 is 1. The first-order valence-corrected chi connectivity index (χ1v) is 10.3. The number of pyridine rings is 2. The summed E-state index contributed by atoms with van der Waals surface area (Å²) in [7, 11) is 1.62. The van der Waals surface area contributed by atoms with Crippen molar-refractivity contribution in [3.8, 4) is 5.88 Å². The van der Waals surface area contributed by atoms with E-state index in [0.717, 1.165) is 48.1 Å². The molecule has 2 N–H and O–H groups in total. The smallest absolute Gasteiger partial charge is 0.274 e. The van der Waals surface area contributed by atoms with Gasteiger partial charge in [0.05, 0.1) is 18.1 Å². The normalized spacial score (nSPS) is 16.3. The lowest BCUT2D eigenvalue weighted by atomic mass is 9.97. The highest BCUT2D eigenvalue weighted by Crippen LogP contribution is 2.24. The summed E-state index contributed by atoms with van der Waals surface area (Å²) in [6.07, 6.45) is 8.50. The third-order valence-corrected chi connectivity index (χ3v) is 5.48. The summed E-state index contributed by atoms with van der Waals surface area (Å²) in [5.41, 5.74) is 4.46. The van der Waals surface area contributed by atoms with E-state index >= 15 is 0 Å². The van der Waals surface area contributed by atoms with Gasteiger partial charge in [0.25, 0.3) is 5.91 Å². The zero-order chi connectivity index (χ0) is 20.9. The van der Waals surface area contributed by atoms with Crippen molar-refractivity contribution in [3.05, 3.63) is 65.8 Å². The van der Waals surface area contributed by atoms with E-state index in [9.17, 15) is 4.79 Å². The van der Waals surface area contributed by atoms with Crippen LogP contribution in [0, 0.1) is 0 Å². The minimum Gasteiger partial charge on any atom is -0.481 e. The van der Waals surface area contributed by atoms with Gasteiger partial charge in [-0.2, -0.15) is 0 Å². The Bertz CT molecular complexity index is 1030. The van der Waals surface area contributed by atoms with Crippen LogP contribution in [0.2, 0.25) is 0 Å². The van der Waals surface area contributed by atoms with E-state index in [-0.39, 0.29) is 5.91 Å². The molecular weight excluding hydrogens is 378 g/mol. The van der Waals surface area contributed by atoms with Crippen LogP contribution in [0.5, 0.6) is 5.88 Å². The molecule has 3 heterocycles. The predicted octanol–water partition coefficient (Wildman–Crippen LogP) is 3.65. The number of carbonyl (C=O) groups excluding carboxylic acids is 1. The number of nitrogens with one attached hydrogen (secondary N) is 2. The molecular formula is C23H27N5O2.